The molecule has 7 nitrogen and oxygen atoms in total. The highest BCUT2D eigenvalue weighted by atomic mass is 35.5. The van der Waals surface area contributed by atoms with Crippen LogP contribution in [0.15, 0.2) is 48.5 Å². The summed E-state index contributed by atoms with van der Waals surface area (Å²) in [6, 6.07) is 11.1. The molecule has 0 unspecified atom stereocenters. The summed E-state index contributed by atoms with van der Waals surface area (Å²) in [5, 5.41) is 19.9. The molecule has 0 fully saturated rings. The number of carbonyl (C=O) groups is 1. The number of nitrogens with zero attached hydrogens (tertiary/aromatic N) is 2. The van der Waals surface area contributed by atoms with Crippen LogP contribution in [0.1, 0.15) is 10.4 Å². The number of benzene rings is 2. The molecule has 1 aromatic heterocycles. The fraction of sp³-hybridized carbons (Fsp3) is 0. The van der Waals surface area contributed by atoms with E-state index in [1.807, 2.05) is 0 Å². The topological polar surface area (TPSA) is 101 Å². The first-order chi connectivity index (χ1) is 11.9. The number of nitro benzene ring substituents is 1. The molecule has 0 aliphatic rings. The highest BCUT2D eigenvalue weighted by molar-refractivity contribution is 6.32. The average Bonchev–Trinajstić information content (AvgIpc) is 3.03. The van der Waals surface area contributed by atoms with Crippen molar-refractivity contribution in [2.75, 3.05) is 5.32 Å². The van der Waals surface area contributed by atoms with Crippen molar-refractivity contribution in [2.24, 2.45) is 0 Å². The summed E-state index contributed by atoms with van der Waals surface area (Å²) in [7, 11) is 0. The molecular weight excluding hydrogens is 351 g/mol. The Labute approximate surface area is 145 Å². The number of nitrogens with one attached hydrogen (secondary N) is 2. The van der Waals surface area contributed by atoms with Gasteiger partial charge in [0, 0.05) is 23.3 Å². The van der Waals surface area contributed by atoms with Crippen LogP contribution in [0.3, 0.4) is 0 Å². The quantitative estimate of drug-likeness (QED) is 0.541. The molecule has 0 radical (unpaired) electrons. The molecule has 0 aliphatic heterocycles. The first kappa shape index (κ1) is 16.6. The Morgan fingerprint density at radius 3 is 2.76 bits per heavy atom. The molecule has 126 valence electrons. The minimum absolute atomic E-state index is 0.0605. The molecule has 9 heteroatoms. The van der Waals surface area contributed by atoms with E-state index in [2.05, 4.69) is 15.5 Å². The van der Waals surface area contributed by atoms with Gasteiger partial charge in [0.1, 0.15) is 10.8 Å². The highest BCUT2D eigenvalue weighted by Crippen LogP contribution is 2.26. The third kappa shape index (κ3) is 3.64. The first-order valence-corrected chi connectivity index (χ1v) is 7.38. The van der Waals surface area contributed by atoms with E-state index in [9.17, 15) is 19.3 Å². The summed E-state index contributed by atoms with van der Waals surface area (Å²) < 4.78 is 13.3. The van der Waals surface area contributed by atoms with Crippen LogP contribution in [0.5, 0.6) is 0 Å². The average molecular weight is 361 g/mol. The van der Waals surface area contributed by atoms with Crippen molar-refractivity contribution >= 4 is 29.0 Å². The number of carbonyl (C=O) groups excluding carboxylic acids is 1. The molecule has 2 N–H and O–H groups in total. The molecule has 0 bridgehead atoms. The number of aromatic nitrogens is 2. The van der Waals surface area contributed by atoms with Crippen molar-refractivity contribution in [3.8, 4) is 11.3 Å². The van der Waals surface area contributed by atoms with Crippen molar-refractivity contribution in [3.63, 3.8) is 0 Å². The SMILES string of the molecule is O=C(Nc1cc(-c2cccc(F)c2)[nH]n1)c1ccc(Cl)c([N+](=O)[O-])c1. The van der Waals surface area contributed by atoms with Crippen LogP contribution in [0.2, 0.25) is 5.02 Å². The van der Waals surface area contributed by atoms with Gasteiger partial charge < -0.3 is 5.32 Å². The number of rotatable bonds is 4. The summed E-state index contributed by atoms with van der Waals surface area (Å²) in [6.45, 7) is 0. The van der Waals surface area contributed by atoms with E-state index in [-0.39, 0.29) is 22.1 Å². The van der Waals surface area contributed by atoms with Crippen LogP contribution >= 0.6 is 11.6 Å². The Balaban J connectivity index is 1.80. The van der Waals surface area contributed by atoms with E-state index in [4.69, 9.17) is 11.6 Å². The standard InChI is InChI=1S/C16H10ClFN4O3/c17-12-5-4-10(7-14(12)22(24)25)16(23)19-15-8-13(20-21-15)9-2-1-3-11(18)6-9/h1-8H,(H2,19,20,21,23). The Hall–Kier alpha value is -3.26. The second kappa shape index (κ2) is 6.70. The number of anilines is 1. The van der Waals surface area contributed by atoms with Gasteiger partial charge in [-0.1, -0.05) is 23.7 Å². The third-order valence-corrected chi connectivity index (χ3v) is 3.68. The van der Waals surface area contributed by atoms with Gasteiger partial charge in [-0.15, -0.1) is 0 Å². The van der Waals surface area contributed by atoms with E-state index >= 15 is 0 Å². The van der Waals surface area contributed by atoms with Crippen LogP contribution in [-0.4, -0.2) is 21.0 Å². The summed E-state index contributed by atoms with van der Waals surface area (Å²) in [5.74, 6) is -0.787. The van der Waals surface area contributed by atoms with E-state index in [0.29, 0.717) is 11.3 Å². The fourth-order valence-corrected chi connectivity index (χ4v) is 2.36. The zero-order chi connectivity index (χ0) is 18.0. The molecule has 0 spiro atoms. The third-order valence-electron chi connectivity index (χ3n) is 3.36. The number of nitro groups is 1. The molecule has 0 saturated carbocycles. The minimum Gasteiger partial charge on any atom is -0.305 e. The summed E-state index contributed by atoms with van der Waals surface area (Å²) in [6.07, 6.45) is 0. The molecular formula is C16H10ClFN4O3. The van der Waals surface area contributed by atoms with Crippen LogP contribution < -0.4 is 5.32 Å². The van der Waals surface area contributed by atoms with Gasteiger partial charge in [-0.25, -0.2) is 4.39 Å². The molecule has 1 amide bonds. The second-order valence-electron chi connectivity index (χ2n) is 5.05. The maximum absolute atomic E-state index is 13.3. The monoisotopic (exact) mass is 360 g/mol. The van der Waals surface area contributed by atoms with Gasteiger partial charge >= 0.3 is 0 Å². The number of aromatic amines is 1. The van der Waals surface area contributed by atoms with E-state index in [1.54, 1.807) is 12.1 Å². The van der Waals surface area contributed by atoms with E-state index < -0.39 is 16.6 Å². The molecule has 0 atom stereocenters. The van der Waals surface area contributed by atoms with Gasteiger partial charge in [0.25, 0.3) is 11.6 Å². The van der Waals surface area contributed by atoms with Crippen LogP contribution in [0, 0.1) is 15.9 Å². The lowest BCUT2D eigenvalue weighted by Crippen LogP contribution is -2.12. The predicted molar refractivity (Wildman–Crippen MR) is 90.0 cm³/mol. The molecule has 1 heterocycles. The van der Waals surface area contributed by atoms with Gasteiger partial charge in [0.05, 0.1) is 10.6 Å². The number of halogens is 2. The lowest BCUT2D eigenvalue weighted by Gasteiger charge is -2.02. The van der Waals surface area contributed by atoms with Gasteiger partial charge in [-0.3, -0.25) is 20.0 Å². The fourth-order valence-electron chi connectivity index (χ4n) is 2.17. The zero-order valence-corrected chi connectivity index (χ0v) is 13.2. The maximum Gasteiger partial charge on any atom is 0.288 e. The smallest absolute Gasteiger partial charge is 0.288 e. The largest absolute Gasteiger partial charge is 0.305 e. The van der Waals surface area contributed by atoms with Crippen LogP contribution in [0.4, 0.5) is 15.9 Å². The lowest BCUT2D eigenvalue weighted by atomic mass is 10.1. The van der Waals surface area contributed by atoms with Crippen molar-refractivity contribution in [1.82, 2.24) is 10.2 Å². The number of H-pyrrole nitrogens is 1. The lowest BCUT2D eigenvalue weighted by molar-refractivity contribution is -0.384. The summed E-state index contributed by atoms with van der Waals surface area (Å²) in [4.78, 5) is 22.4. The second-order valence-corrected chi connectivity index (χ2v) is 5.46. The Kier molecular flexibility index (Phi) is 4.44. The summed E-state index contributed by atoms with van der Waals surface area (Å²) >= 11 is 5.72. The van der Waals surface area contributed by atoms with E-state index in [0.717, 1.165) is 6.07 Å². The minimum atomic E-state index is -0.671. The van der Waals surface area contributed by atoms with Crippen LogP contribution in [-0.2, 0) is 0 Å². The normalized spacial score (nSPS) is 10.5. The predicted octanol–water partition coefficient (Wildman–Crippen LogP) is 4.03. The number of amides is 1. The van der Waals surface area contributed by atoms with Gasteiger partial charge in [-0.05, 0) is 24.3 Å². The molecule has 3 rings (SSSR count). The molecule has 25 heavy (non-hydrogen) atoms. The maximum atomic E-state index is 13.3. The number of hydrogen-bond donors (Lipinski definition) is 2. The molecule has 0 saturated heterocycles. The van der Waals surface area contributed by atoms with Crippen molar-refractivity contribution in [3.05, 3.63) is 75.0 Å². The first-order valence-electron chi connectivity index (χ1n) is 7.00. The van der Waals surface area contributed by atoms with Crippen molar-refractivity contribution < 1.29 is 14.1 Å². The van der Waals surface area contributed by atoms with Crippen molar-refractivity contribution in [1.29, 1.82) is 0 Å². The Morgan fingerprint density at radius 1 is 1.24 bits per heavy atom. The molecule has 0 aliphatic carbocycles. The summed E-state index contributed by atoms with van der Waals surface area (Å²) in [5.41, 5.74) is 0.773. The Morgan fingerprint density at radius 2 is 2.04 bits per heavy atom. The van der Waals surface area contributed by atoms with E-state index in [1.165, 1.54) is 30.3 Å². The highest BCUT2D eigenvalue weighted by Gasteiger charge is 2.17. The van der Waals surface area contributed by atoms with Crippen LogP contribution in [0.25, 0.3) is 11.3 Å². The molecule has 2 aromatic carbocycles. The van der Waals surface area contributed by atoms with Gasteiger partial charge in [0.2, 0.25) is 0 Å². The van der Waals surface area contributed by atoms with Gasteiger partial charge in [-0.2, -0.15) is 5.10 Å². The zero-order valence-electron chi connectivity index (χ0n) is 12.5. The van der Waals surface area contributed by atoms with Gasteiger partial charge in [0.15, 0.2) is 5.82 Å². The molecule has 3 aromatic rings. The van der Waals surface area contributed by atoms with Crippen molar-refractivity contribution in [2.45, 2.75) is 0 Å². The number of hydrogen-bond acceptors (Lipinski definition) is 4. The Bertz CT molecular complexity index is 974.